The molecule has 0 saturated carbocycles. The van der Waals surface area contributed by atoms with Crippen molar-refractivity contribution in [2.24, 2.45) is 0 Å². The number of hydrogen-bond donors (Lipinski definition) is 1. The minimum atomic E-state index is -0.492. The first kappa shape index (κ1) is 13.5. The molecule has 100 valence electrons. The third-order valence-corrected chi connectivity index (χ3v) is 2.89. The lowest BCUT2D eigenvalue weighted by Gasteiger charge is -2.10. The summed E-state index contributed by atoms with van der Waals surface area (Å²) in [5.74, 6) is 0.139. The number of nitrogens with two attached hydrogens (primary N) is 1. The highest BCUT2D eigenvalue weighted by atomic mass is 35.5. The molecule has 0 aliphatic carbocycles. The van der Waals surface area contributed by atoms with Gasteiger partial charge in [-0.05, 0) is 29.8 Å². The molecule has 0 aliphatic rings. The van der Waals surface area contributed by atoms with Crippen LogP contribution in [0.2, 0.25) is 5.02 Å². The summed E-state index contributed by atoms with van der Waals surface area (Å²) in [7, 11) is 1.54. The van der Waals surface area contributed by atoms with Crippen LogP contribution in [0.3, 0.4) is 0 Å². The predicted octanol–water partition coefficient (Wildman–Crippen LogP) is 3.65. The lowest BCUT2D eigenvalue weighted by Crippen LogP contribution is -2.00. The van der Waals surface area contributed by atoms with E-state index in [1.165, 1.54) is 12.1 Å². The Labute approximate surface area is 115 Å². The number of halogens is 2. The summed E-state index contributed by atoms with van der Waals surface area (Å²) in [5, 5.41) is 0.237. The van der Waals surface area contributed by atoms with Gasteiger partial charge in [0.05, 0.1) is 17.8 Å². The van der Waals surface area contributed by atoms with Gasteiger partial charge < -0.3 is 15.2 Å². The number of benzene rings is 2. The van der Waals surface area contributed by atoms with E-state index in [-0.39, 0.29) is 17.4 Å². The van der Waals surface area contributed by atoms with E-state index in [2.05, 4.69) is 0 Å². The van der Waals surface area contributed by atoms with Gasteiger partial charge in [0.15, 0.2) is 11.6 Å². The first-order valence-corrected chi connectivity index (χ1v) is 5.99. The maximum absolute atomic E-state index is 13.5. The second-order valence-corrected chi connectivity index (χ2v) is 4.32. The molecule has 0 atom stereocenters. The number of hydrogen-bond acceptors (Lipinski definition) is 3. The van der Waals surface area contributed by atoms with E-state index in [0.29, 0.717) is 11.4 Å². The molecule has 0 amide bonds. The molecule has 2 aromatic carbocycles. The van der Waals surface area contributed by atoms with Crippen molar-refractivity contribution >= 4 is 17.3 Å². The van der Waals surface area contributed by atoms with Crippen molar-refractivity contribution in [2.75, 3.05) is 12.8 Å². The van der Waals surface area contributed by atoms with Crippen molar-refractivity contribution in [3.8, 4) is 11.5 Å². The van der Waals surface area contributed by atoms with Gasteiger partial charge in [0.1, 0.15) is 12.4 Å². The van der Waals surface area contributed by atoms with Crippen molar-refractivity contribution < 1.29 is 13.9 Å². The largest absolute Gasteiger partial charge is 0.495 e. The maximum atomic E-state index is 13.5. The van der Waals surface area contributed by atoms with Crippen LogP contribution in [-0.2, 0) is 6.61 Å². The number of ether oxygens (including phenoxy) is 2. The van der Waals surface area contributed by atoms with Crippen LogP contribution in [0.15, 0.2) is 36.4 Å². The summed E-state index contributed by atoms with van der Waals surface area (Å²) in [5.41, 5.74) is 7.09. The molecule has 3 nitrogen and oxygen atoms in total. The third kappa shape index (κ3) is 3.09. The average molecular weight is 282 g/mol. The Balaban J connectivity index is 2.13. The normalized spacial score (nSPS) is 10.3. The van der Waals surface area contributed by atoms with Crippen LogP contribution in [0.4, 0.5) is 10.1 Å². The van der Waals surface area contributed by atoms with Crippen LogP contribution in [0.5, 0.6) is 11.5 Å². The summed E-state index contributed by atoms with van der Waals surface area (Å²) in [6, 6.07) is 9.64. The zero-order valence-electron chi connectivity index (χ0n) is 10.3. The standard InChI is InChI=1S/C14H13ClFNO2/c1-18-13-6-5-9(7-12(13)17)8-19-14-10(15)3-2-4-11(14)16/h2-7H,8,17H2,1H3. The molecule has 2 aromatic rings. The van der Waals surface area contributed by atoms with Crippen molar-refractivity contribution in [2.45, 2.75) is 6.61 Å². The lowest BCUT2D eigenvalue weighted by molar-refractivity contribution is 0.290. The van der Waals surface area contributed by atoms with Crippen LogP contribution in [-0.4, -0.2) is 7.11 Å². The topological polar surface area (TPSA) is 44.5 Å². The van der Waals surface area contributed by atoms with E-state index < -0.39 is 5.82 Å². The number of rotatable bonds is 4. The molecule has 0 aromatic heterocycles. The van der Waals surface area contributed by atoms with E-state index in [1.54, 1.807) is 31.4 Å². The fourth-order valence-electron chi connectivity index (χ4n) is 1.65. The number of methoxy groups -OCH3 is 1. The van der Waals surface area contributed by atoms with Crippen molar-refractivity contribution in [1.82, 2.24) is 0 Å². The molecule has 0 bridgehead atoms. The SMILES string of the molecule is COc1ccc(COc2c(F)cccc2Cl)cc1N. The number of nitrogen functional groups attached to an aromatic ring is 1. The molecule has 19 heavy (non-hydrogen) atoms. The van der Waals surface area contributed by atoms with Gasteiger partial charge in [0.2, 0.25) is 0 Å². The lowest BCUT2D eigenvalue weighted by atomic mass is 10.2. The van der Waals surface area contributed by atoms with Gasteiger partial charge in [0, 0.05) is 0 Å². The molecule has 0 aliphatic heterocycles. The summed E-state index contributed by atoms with van der Waals surface area (Å²) in [6.45, 7) is 0.175. The Morgan fingerprint density at radius 3 is 2.68 bits per heavy atom. The van der Waals surface area contributed by atoms with Gasteiger partial charge in [-0.3, -0.25) is 0 Å². The summed E-state index contributed by atoms with van der Waals surface area (Å²) in [6.07, 6.45) is 0. The molecular formula is C14H13ClFNO2. The predicted molar refractivity (Wildman–Crippen MR) is 73.1 cm³/mol. The van der Waals surface area contributed by atoms with Gasteiger partial charge in [-0.15, -0.1) is 0 Å². The molecule has 5 heteroatoms. The molecule has 0 heterocycles. The number of anilines is 1. The van der Waals surface area contributed by atoms with E-state index in [1.807, 2.05) is 0 Å². The fraction of sp³-hybridized carbons (Fsp3) is 0.143. The summed E-state index contributed by atoms with van der Waals surface area (Å²) in [4.78, 5) is 0. The fourth-order valence-corrected chi connectivity index (χ4v) is 1.87. The van der Waals surface area contributed by atoms with Crippen LogP contribution in [0, 0.1) is 5.82 Å². The van der Waals surface area contributed by atoms with Gasteiger partial charge >= 0.3 is 0 Å². The second kappa shape index (κ2) is 5.80. The van der Waals surface area contributed by atoms with Crippen LogP contribution in [0.1, 0.15) is 5.56 Å². The number of para-hydroxylation sites is 1. The minimum absolute atomic E-state index is 0.0403. The van der Waals surface area contributed by atoms with Gasteiger partial charge in [-0.25, -0.2) is 4.39 Å². The Bertz CT molecular complexity index is 569. The molecule has 0 fully saturated rings. The van der Waals surface area contributed by atoms with Crippen molar-refractivity contribution in [1.29, 1.82) is 0 Å². The van der Waals surface area contributed by atoms with Crippen LogP contribution < -0.4 is 15.2 Å². The summed E-state index contributed by atoms with van der Waals surface area (Å²) >= 11 is 5.87. The Morgan fingerprint density at radius 2 is 2.05 bits per heavy atom. The smallest absolute Gasteiger partial charge is 0.174 e. The average Bonchev–Trinajstić information content (AvgIpc) is 2.38. The minimum Gasteiger partial charge on any atom is -0.495 e. The Morgan fingerprint density at radius 1 is 1.26 bits per heavy atom. The zero-order valence-corrected chi connectivity index (χ0v) is 11.1. The highest BCUT2D eigenvalue weighted by Crippen LogP contribution is 2.29. The highest BCUT2D eigenvalue weighted by Gasteiger charge is 2.09. The van der Waals surface area contributed by atoms with Crippen molar-refractivity contribution in [3.63, 3.8) is 0 Å². The highest BCUT2D eigenvalue weighted by molar-refractivity contribution is 6.32. The van der Waals surface area contributed by atoms with Crippen LogP contribution >= 0.6 is 11.6 Å². The second-order valence-electron chi connectivity index (χ2n) is 3.92. The van der Waals surface area contributed by atoms with E-state index >= 15 is 0 Å². The molecule has 0 unspecified atom stereocenters. The van der Waals surface area contributed by atoms with Gasteiger partial charge in [-0.2, -0.15) is 0 Å². The molecule has 2 N–H and O–H groups in total. The van der Waals surface area contributed by atoms with Crippen LogP contribution in [0.25, 0.3) is 0 Å². The quantitative estimate of drug-likeness (QED) is 0.870. The van der Waals surface area contributed by atoms with Gasteiger partial charge in [-0.1, -0.05) is 23.7 Å². The molecule has 2 rings (SSSR count). The summed E-state index contributed by atoms with van der Waals surface area (Å²) < 4.78 is 23.9. The van der Waals surface area contributed by atoms with Crippen molar-refractivity contribution in [3.05, 3.63) is 52.8 Å². The maximum Gasteiger partial charge on any atom is 0.174 e. The van der Waals surface area contributed by atoms with E-state index in [4.69, 9.17) is 26.8 Å². The monoisotopic (exact) mass is 281 g/mol. The van der Waals surface area contributed by atoms with E-state index in [0.717, 1.165) is 5.56 Å². The zero-order chi connectivity index (χ0) is 13.8. The van der Waals surface area contributed by atoms with E-state index in [9.17, 15) is 4.39 Å². The molecule has 0 spiro atoms. The Kier molecular flexibility index (Phi) is 4.12. The third-order valence-electron chi connectivity index (χ3n) is 2.60. The van der Waals surface area contributed by atoms with Gasteiger partial charge in [0.25, 0.3) is 0 Å². The molecule has 0 saturated heterocycles. The first-order valence-electron chi connectivity index (χ1n) is 5.61. The molecule has 0 radical (unpaired) electrons. The first-order chi connectivity index (χ1) is 9.11. The molecular weight excluding hydrogens is 269 g/mol. The Hall–Kier alpha value is -1.94.